The predicted octanol–water partition coefficient (Wildman–Crippen LogP) is 3.49. The molecule has 22 heavy (non-hydrogen) atoms. The van der Waals surface area contributed by atoms with E-state index in [1.165, 1.54) is 6.21 Å². The number of rotatable bonds is 5. The minimum Gasteiger partial charge on any atom is -0.483 e. The van der Waals surface area contributed by atoms with Gasteiger partial charge in [-0.1, -0.05) is 35.9 Å². The van der Waals surface area contributed by atoms with E-state index in [4.69, 9.17) is 16.3 Å². The standard InChI is InChI=1S/C17H17ClN2O2/c1-12-5-3-8-16(13(12)2)22-11-17(21)20-19-10-14-6-4-7-15(18)9-14/h3-10H,11H2,1-2H3,(H,20,21). The van der Waals surface area contributed by atoms with Crippen LogP contribution in [0.25, 0.3) is 0 Å². The summed E-state index contributed by atoms with van der Waals surface area (Å²) in [5.74, 6) is 0.383. The van der Waals surface area contributed by atoms with Crippen LogP contribution in [0.15, 0.2) is 47.6 Å². The van der Waals surface area contributed by atoms with Gasteiger partial charge in [-0.25, -0.2) is 5.43 Å². The minimum absolute atomic E-state index is 0.0861. The number of carbonyl (C=O) groups excluding carboxylic acids is 1. The highest BCUT2D eigenvalue weighted by molar-refractivity contribution is 6.30. The van der Waals surface area contributed by atoms with Crippen LogP contribution >= 0.6 is 11.6 Å². The van der Waals surface area contributed by atoms with Crippen LogP contribution in [0.1, 0.15) is 16.7 Å². The second-order valence-electron chi connectivity index (χ2n) is 4.83. The molecule has 0 spiro atoms. The zero-order chi connectivity index (χ0) is 15.9. The van der Waals surface area contributed by atoms with Crippen LogP contribution in [0, 0.1) is 13.8 Å². The van der Waals surface area contributed by atoms with Crippen molar-refractivity contribution in [1.29, 1.82) is 0 Å². The quantitative estimate of drug-likeness (QED) is 0.678. The van der Waals surface area contributed by atoms with E-state index in [1.807, 2.05) is 44.2 Å². The van der Waals surface area contributed by atoms with E-state index in [0.717, 1.165) is 16.7 Å². The molecule has 2 aromatic carbocycles. The van der Waals surface area contributed by atoms with Crippen LogP contribution in [0.5, 0.6) is 5.75 Å². The van der Waals surface area contributed by atoms with Crippen LogP contribution < -0.4 is 10.2 Å². The molecule has 114 valence electrons. The lowest BCUT2D eigenvalue weighted by Crippen LogP contribution is -2.24. The lowest BCUT2D eigenvalue weighted by atomic mass is 10.1. The lowest BCUT2D eigenvalue weighted by molar-refractivity contribution is -0.123. The van der Waals surface area contributed by atoms with Crippen molar-refractivity contribution in [1.82, 2.24) is 5.43 Å². The topological polar surface area (TPSA) is 50.7 Å². The maximum atomic E-state index is 11.7. The molecule has 0 fully saturated rings. The molecule has 0 atom stereocenters. The molecular weight excluding hydrogens is 300 g/mol. The average molecular weight is 317 g/mol. The van der Waals surface area contributed by atoms with E-state index in [9.17, 15) is 4.79 Å². The van der Waals surface area contributed by atoms with E-state index in [2.05, 4.69) is 10.5 Å². The molecule has 2 aromatic rings. The summed E-state index contributed by atoms with van der Waals surface area (Å²) in [5, 5.41) is 4.49. The first kappa shape index (κ1) is 16.0. The van der Waals surface area contributed by atoms with Gasteiger partial charge in [0.1, 0.15) is 5.75 Å². The predicted molar refractivity (Wildman–Crippen MR) is 88.6 cm³/mol. The number of benzene rings is 2. The largest absolute Gasteiger partial charge is 0.483 e. The molecule has 0 bridgehead atoms. The van der Waals surface area contributed by atoms with E-state index in [1.54, 1.807) is 12.1 Å². The molecule has 0 aliphatic rings. The second kappa shape index (κ2) is 7.61. The van der Waals surface area contributed by atoms with Crippen molar-refractivity contribution in [2.75, 3.05) is 6.61 Å². The fourth-order valence-electron chi connectivity index (χ4n) is 1.82. The van der Waals surface area contributed by atoms with E-state index >= 15 is 0 Å². The maximum Gasteiger partial charge on any atom is 0.277 e. The first-order valence-corrected chi connectivity index (χ1v) is 7.20. The van der Waals surface area contributed by atoms with Crippen molar-refractivity contribution in [3.8, 4) is 5.75 Å². The molecule has 5 heteroatoms. The van der Waals surface area contributed by atoms with Gasteiger partial charge in [0, 0.05) is 5.02 Å². The summed E-state index contributed by atoms with van der Waals surface area (Å²) in [4.78, 5) is 11.7. The van der Waals surface area contributed by atoms with Crippen molar-refractivity contribution in [2.45, 2.75) is 13.8 Å². The van der Waals surface area contributed by atoms with Crippen LogP contribution in [0.3, 0.4) is 0 Å². The molecule has 0 radical (unpaired) electrons. The normalized spacial score (nSPS) is 10.7. The van der Waals surface area contributed by atoms with Crippen LogP contribution in [0.2, 0.25) is 5.02 Å². The number of amides is 1. The fraction of sp³-hybridized carbons (Fsp3) is 0.176. The molecule has 0 saturated heterocycles. The summed E-state index contributed by atoms with van der Waals surface area (Å²) >= 11 is 5.86. The van der Waals surface area contributed by atoms with Crippen molar-refractivity contribution in [2.24, 2.45) is 5.10 Å². The Hall–Kier alpha value is -2.33. The Bertz CT molecular complexity index is 699. The number of hydrogen-bond acceptors (Lipinski definition) is 3. The molecule has 4 nitrogen and oxygen atoms in total. The van der Waals surface area contributed by atoms with Gasteiger partial charge in [-0.3, -0.25) is 4.79 Å². The molecule has 0 heterocycles. The Balaban J connectivity index is 1.84. The number of nitrogens with one attached hydrogen (secondary N) is 1. The van der Waals surface area contributed by atoms with Crippen molar-refractivity contribution >= 4 is 23.7 Å². The number of hydrazone groups is 1. The van der Waals surface area contributed by atoms with Crippen molar-refractivity contribution in [3.63, 3.8) is 0 Å². The zero-order valence-electron chi connectivity index (χ0n) is 12.5. The van der Waals surface area contributed by atoms with Gasteiger partial charge in [-0.15, -0.1) is 0 Å². The van der Waals surface area contributed by atoms with Crippen LogP contribution in [-0.2, 0) is 4.79 Å². The highest BCUT2D eigenvalue weighted by Gasteiger charge is 2.05. The highest BCUT2D eigenvalue weighted by atomic mass is 35.5. The third kappa shape index (κ3) is 4.60. The summed E-state index contributed by atoms with van der Waals surface area (Å²) in [6.45, 7) is 3.87. The number of halogens is 1. The van der Waals surface area contributed by atoms with Crippen molar-refractivity contribution < 1.29 is 9.53 Å². The Labute approximate surface area is 134 Å². The Morgan fingerprint density at radius 1 is 1.27 bits per heavy atom. The zero-order valence-corrected chi connectivity index (χ0v) is 13.2. The Morgan fingerprint density at radius 3 is 2.82 bits per heavy atom. The van der Waals surface area contributed by atoms with Gasteiger partial charge < -0.3 is 4.74 Å². The van der Waals surface area contributed by atoms with E-state index < -0.39 is 0 Å². The third-order valence-electron chi connectivity index (χ3n) is 3.17. The molecule has 0 aliphatic carbocycles. The molecule has 1 N–H and O–H groups in total. The maximum absolute atomic E-state index is 11.7. The van der Waals surface area contributed by atoms with Crippen LogP contribution in [0.4, 0.5) is 0 Å². The van der Waals surface area contributed by atoms with Crippen LogP contribution in [-0.4, -0.2) is 18.7 Å². The van der Waals surface area contributed by atoms with Gasteiger partial charge in [-0.05, 0) is 48.7 Å². The molecule has 1 amide bonds. The molecule has 2 rings (SSSR count). The number of ether oxygens (including phenoxy) is 1. The Morgan fingerprint density at radius 2 is 2.05 bits per heavy atom. The highest BCUT2D eigenvalue weighted by Crippen LogP contribution is 2.20. The molecule has 0 unspecified atom stereocenters. The number of aryl methyl sites for hydroxylation is 1. The minimum atomic E-state index is -0.320. The van der Waals surface area contributed by atoms with E-state index in [-0.39, 0.29) is 12.5 Å². The number of carbonyl (C=O) groups is 1. The summed E-state index contributed by atoms with van der Waals surface area (Å²) in [5.41, 5.74) is 5.37. The van der Waals surface area contributed by atoms with Gasteiger partial charge in [0.15, 0.2) is 6.61 Å². The summed E-state index contributed by atoms with van der Waals surface area (Å²) in [6.07, 6.45) is 1.53. The SMILES string of the molecule is Cc1cccc(OCC(=O)NN=Cc2cccc(Cl)c2)c1C. The van der Waals surface area contributed by atoms with Gasteiger partial charge in [-0.2, -0.15) is 5.10 Å². The van der Waals surface area contributed by atoms with Gasteiger partial charge in [0.05, 0.1) is 6.21 Å². The summed E-state index contributed by atoms with van der Waals surface area (Å²) in [6, 6.07) is 12.9. The van der Waals surface area contributed by atoms with Crippen molar-refractivity contribution in [3.05, 3.63) is 64.2 Å². The molecular formula is C17H17ClN2O2. The van der Waals surface area contributed by atoms with Gasteiger partial charge in [0.2, 0.25) is 0 Å². The first-order valence-electron chi connectivity index (χ1n) is 6.83. The molecule has 0 aromatic heterocycles. The summed E-state index contributed by atoms with van der Waals surface area (Å²) < 4.78 is 5.49. The number of hydrogen-bond donors (Lipinski definition) is 1. The second-order valence-corrected chi connectivity index (χ2v) is 5.27. The van der Waals surface area contributed by atoms with Gasteiger partial charge in [0.25, 0.3) is 5.91 Å². The summed E-state index contributed by atoms with van der Waals surface area (Å²) in [7, 11) is 0. The third-order valence-corrected chi connectivity index (χ3v) is 3.40. The van der Waals surface area contributed by atoms with Gasteiger partial charge >= 0.3 is 0 Å². The van der Waals surface area contributed by atoms with E-state index in [0.29, 0.717) is 10.8 Å². The monoisotopic (exact) mass is 316 g/mol. The first-order chi connectivity index (χ1) is 10.6. The average Bonchev–Trinajstić information content (AvgIpc) is 2.49. The number of nitrogens with zero attached hydrogens (tertiary/aromatic N) is 1. The Kier molecular flexibility index (Phi) is 5.55. The molecule has 0 saturated carbocycles. The lowest BCUT2D eigenvalue weighted by Gasteiger charge is -2.09. The smallest absolute Gasteiger partial charge is 0.277 e. The fourth-order valence-corrected chi connectivity index (χ4v) is 2.02. The molecule has 0 aliphatic heterocycles.